The minimum Gasteiger partial charge on any atom is -0.462 e. The summed E-state index contributed by atoms with van der Waals surface area (Å²) in [6.45, 7) is 2.35. The number of rotatable bonds is 4. The van der Waals surface area contributed by atoms with Gasteiger partial charge in [-0.15, -0.1) is 0 Å². The van der Waals surface area contributed by atoms with Crippen molar-refractivity contribution < 1.29 is 13.9 Å². The summed E-state index contributed by atoms with van der Waals surface area (Å²) in [5, 5.41) is 0. The molecule has 1 aromatic rings. The predicted molar refractivity (Wildman–Crippen MR) is 56.0 cm³/mol. The molecular formula is C11H14FNO2. The number of benzene rings is 1. The average Bonchev–Trinajstić information content (AvgIpc) is 2.16. The van der Waals surface area contributed by atoms with Crippen LogP contribution < -0.4 is 5.73 Å². The lowest BCUT2D eigenvalue weighted by Crippen LogP contribution is -2.07. The van der Waals surface area contributed by atoms with Crippen molar-refractivity contribution in [3.8, 4) is 0 Å². The number of nitrogen functional groups attached to an aromatic ring is 1. The van der Waals surface area contributed by atoms with Crippen LogP contribution in [0.15, 0.2) is 18.2 Å². The van der Waals surface area contributed by atoms with E-state index in [9.17, 15) is 9.18 Å². The Bertz CT molecular complexity index is 332. The zero-order valence-electron chi connectivity index (χ0n) is 8.63. The average molecular weight is 211 g/mol. The molecule has 0 saturated carbocycles. The van der Waals surface area contributed by atoms with E-state index in [1.807, 2.05) is 6.92 Å². The van der Waals surface area contributed by atoms with E-state index in [1.54, 1.807) is 0 Å². The Balaban J connectivity index is 2.65. The Morgan fingerprint density at radius 2 is 2.20 bits per heavy atom. The van der Waals surface area contributed by atoms with Gasteiger partial charge in [0, 0.05) is 5.69 Å². The fourth-order valence-electron chi connectivity index (χ4n) is 1.12. The van der Waals surface area contributed by atoms with E-state index in [2.05, 4.69) is 0 Å². The lowest BCUT2D eigenvalue weighted by molar-refractivity contribution is 0.0499. The van der Waals surface area contributed by atoms with Gasteiger partial charge in [0.15, 0.2) is 0 Å². The van der Waals surface area contributed by atoms with E-state index in [0.29, 0.717) is 6.61 Å². The number of carbonyl (C=O) groups excluding carboxylic acids is 1. The molecule has 0 spiro atoms. The van der Waals surface area contributed by atoms with Crippen LogP contribution in [0.4, 0.5) is 10.1 Å². The molecule has 15 heavy (non-hydrogen) atoms. The van der Waals surface area contributed by atoms with Crippen molar-refractivity contribution in [3.63, 3.8) is 0 Å². The van der Waals surface area contributed by atoms with Crippen molar-refractivity contribution in [1.82, 2.24) is 0 Å². The number of hydrogen-bond donors (Lipinski definition) is 1. The third-order valence-corrected chi connectivity index (χ3v) is 1.89. The SMILES string of the molecule is CCCCOC(=O)c1cc(N)cc(F)c1. The van der Waals surface area contributed by atoms with Gasteiger partial charge in [0.2, 0.25) is 0 Å². The first-order valence-corrected chi connectivity index (χ1v) is 4.86. The first-order chi connectivity index (χ1) is 7.13. The van der Waals surface area contributed by atoms with Crippen LogP contribution in [0.1, 0.15) is 30.1 Å². The monoisotopic (exact) mass is 211 g/mol. The predicted octanol–water partition coefficient (Wildman–Crippen LogP) is 2.36. The summed E-state index contributed by atoms with van der Waals surface area (Å²) in [6, 6.07) is 3.67. The smallest absolute Gasteiger partial charge is 0.338 e. The minimum atomic E-state index is -0.533. The van der Waals surface area contributed by atoms with E-state index in [-0.39, 0.29) is 11.3 Å². The number of ether oxygens (including phenoxy) is 1. The molecule has 3 nitrogen and oxygen atoms in total. The molecule has 0 aromatic heterocycles. The third kappa shape index (κ3) is 3.58. The van der Waals surface area contributed by atoms with E-state index in [1.165, 1.54) is 6.07 Å². The molecule has 82 valence electrons. The number of anilines is 1. The summed E-state index contributed by atoms with van der Waals surface area (Å²) in [7, 11) is 0. The molecule has 0 amide bonds. The zero-order chi connectivity index (χ0) is 11.3. The molecule has 0 bridgehead atoms. The Morgan fingerprint density at radius 1 is 1.47 bits per heavy atom. The van der Waals surface area contributed by atoms with Gasteiger partial charge in [-0.1, -0.05) is 13.3 Å². The van der Waals surface area contributed by atoms with Gasteiger partial charge in [0.05, 0.1) is 12.2 Å². The largest absolute Gasteiger partial charge is 0.462 e. The molecular weight excluding hydrogens is 197 g/mol. The second-order valence-corrected chi connectivity index (χ2v) is 3.26. The highest BCUT2D eigenvalue weighted by Crippen LogP contribution is 2.11. The van der Waals surface area contributed by atoms with Crippen LogP contribution in [0.5, 0.6) is 0 Å². The van der Waals surface area contributed by atoms with Gasteiger partial charge in [0.1, 0.15) is 5.82 Å². The first kappa shape index (κ1) is 11.5. The molecule has 0 heterocycles. The number of hydrogen-bond acceptors (Lipinski definition) is 3. The van der Waals surface area contributed by atoms with Crippen LogP contribution in [0.3, 0.4) is 0 Å². The lowest BCUT2D eigenvalue weighted by Gasteiger charge is -2.04. The molecule has 0 saturated heterocycles. The van der Waals surface area contributed by atoms with Crippen molar-refractivity contribution in [1.29, 1.82) is 0 Å². The second-order valence-electron chi connectivity index (χ2n) is 3.26. The van der Waals surface area contributed by atoms with Gasteiger partial charge in [0.25, 0.3) is 0 Å². The van der Waals surface area contributed by atoms with Crippen molar-refractivity contribution in [2.24, 2.45) is 0 Å². The fraction of sp³-hybridized carbons (Fsp3) is 0.364. The summed E-state index contributed by atoms with van der Waals surface area (Å²) in [4.78, 5) is 11.4. The molecule has 1 rings (SSSR count). The van der Waals surface area contributed by atoms with Crippen LogP contribution >= 0.6 is 0 Å². The van der Waals surface area contributed by atoms with Gasteiger partial charge in [-0.05, 0) is 24.6 Å². The molecule has 0 fully saturated rings. The van der Waals surface area contributed by atoms with Crippen LogP contribution in [-0.4, -0.2) is 12.6 Å². The molecule has 0 radical (unpaired) electrons. The number of halogens is 1. The molecule has 0 aliphatic rings. The van der Waals surface area contributed by atoms with Gasteiger partial charge < -0.3 is 10.5 Å². The lowest BCUT2D eigenvalue weighted by atomic mass is 10.2. The van der Waals surface area contributed by atoms with Crippen molar-refractivity contribution >= 4 is 11.7 Å². The molecule has 4 heteroatoms. The van der Waals surface area contributed by atoms with Gasteiger partial charge in [-0.25, -0.2) is 9.18 Å². The maximum atomic E-state index is 12.9. The third-order valence-electron chi connectivity index (χ3n) is 1.89. The molecule has 0 aliphatic heterocycles. The van der Waals surface area contributed by atoms with Crippen LogP contribution in [-0.2, 0) is 4.74 Å². The number of nitrogens with two attached hydrogens (primary N) is 1. The molecule has 1 aromatic carbocycles. The molecule has 0 aliphatic carbocycles. The summed E-state index contributed by atoms with van der Waals surface area (Å²) in [5.41, 5.74) is 5.78. The molecule has 0 unspecified atom stereocenters. The summed E-state index contributed by atoms with van der Waals surface area (Å²) in [6.07, 6.45) is 1.75. The Kier molecular flexibility index (Phi) is 4.09. The van der Waals surface area contributed by atoms with Gasteiger partial charge in [-0.3, -0.25) is 0 Å². The van der Waals surface area contributed by atoms with E-state index >= 15 is 0 Å². The van der Waals surface area contributed by atoms with Gasteiger partial charge >= 0.3 is 5.97 Å². The highest BCUT2D eigenvalue weighted by atomic mass is 19.1. The second kappa shape index (κ2) is 5.34. The van der Waals surface area contributed by atoms with Crippen molar-refractivity contribution in [3.05, 3.63) is 29.6 Å². The highest BCUT2D eigenvalue weighted by Gasteiger charge is 2.08. The maximum absolute atomic E-state index is 12.9. The fourth-order valence-corrected chi connectivity index (χ4v) is 1.12. The quantitative estimate of drug-likeness (QED) is 0.472. The standard InChI is InChI=1S/C11H14FNO2/c1-2-3-4-15-11(14)8-5-9(12)7-10(13)6-8/h5-7H,2-4,13H2,1H3. The zero-order valence-corrected chi connectivity index (χ0v) is 8.63. The van der Waals surface area contributed by atoms with Crippen molar-refractivity contribution in [2.75, 3.05) is 12.3 Å². The minimum absolute atomic E-state index is 0.156. The summed E-state index contributed by atoms with van der Waals surface area (Å²) >= 11 is 0. The summed E-state index contributed by atoms with van der Waals surface area (Å²) < 4.78 is 17.8. The Hall–Kier alpha value is -1.58. The maximum Gasteiger partial charge on any atom is 0.338 e. The van der Waals surface area contributed by atoms with Crippen LogP contribution in [0, 0.1) is 5.82 Å². The summed E-state index contributed by atoms with van der Waals surface area (Å²) in [5.74, 6) is -1.06. The van der Waals surface area contributed by atoms with Crippen LogP contribution in [0.2, 0.25) is 0 Å². The van der Waals surface area contributed by atoms with Crippen LogP contribution in [0.25, 0.3) is 0 Å². The van der Waals surface area contributed by atoms with E-state index in [4.69, 9.17) is 10.5 Å². The topological polar surface area (TPSA) is 52.3 Å². The molecule has 0 atom stereocenters. The normalized spacial score (nSPS) is 10.0. The number of unbranched alkanes of at least 4 members (excludes halogenated alkanes) is 1. The highest BCUT2D eigenvalue weighted by molar-refractivity contribution is 5.90. The number of carbonyl (C=O) groups is 1. The molecule has 2 N–H and O–H groups in total. The number of esters is 1. The van der Waals surface area contributed by atoms with Gasteiger partial charge in [-0.2, -0.15) is 0 Å². The first-order valence-electron chi connectivity index (χ1n) is 4.86. The Morgan fingerprint density at radius 3 is 2.80 bits per heavy atom. The van der Waals surface area contributed by atoms with E-state index in [0.717, 1.165) is 25.0 Å². The van der Waals surface area contributed by atoms with E-state index < -0.39 is 11.8 Å². The van der Waals surface area contributed by atoms with Crippen molar-refractivity contribution in [2.45, 2.75) is 19.8 Å². The Labute approximate surface area is 88.0 Å².